The maximum absolute atomic E-state index is 5.71. The van der Waals surface area contributed by atoms with Gasteiger partial charge in [0.25, 0.3) is 0 Å². The average molecular weight is 334 g/mol. The Hall–Kier alpha value is -2.26. The zero-order valence-electron chi connectivity index (χ0n) is 11.0. The van der Waals surface area contributed by atoms with Crippen molar-refractivity contribution in [1.82, 2.24) is 9.97 Å². The summed E-state index contributed by atoms with van der Waals surface area (Å²) in [5.41, 5.74) is 6.91. The molecule has 0 radical (unpaired) electrons. The van der Waals surface area contributed by atoms with E-state index in [0.717, 1.165) is 5.56 Å². The minimum absolute atomic E-state index is 0.293. The summed E-state index contributed by atoms with van der Waals surface area (Å²) in [4.78, 5) is 8.14. The third kappa shape index (κ3) is 3.19. The van der Waals surface area contributed by atoms with Crippen LogP contribution in [-0.4, -0.2) is 24.2 Å². The standard InChI is InChI=1S/C14H12BrN3O2/c1-19-11-6-4-9(7-12(11)20-2)3-5-10-14(16)17-8-13(15)18-10/h4,6-8H,1-2H3,(H2,16,17). The summed E-state index contributed by atoms with van der Waals surface area (Å²) in [6, 6.07) is 5.40. The number of nitrogen functional groups attached to an aromatic ring is 1. The van der Waals surface area contributed by atoms with Gasteiger partial charge in [-0.25, -0.2) is 9.97 Å². The Bertz CT molecular complexity index is 693. The Kier molecular flexibility index (Phi) is 4.43. The van der Waals surface area contributed by atoms with E-state index in [0.29, 0.717) is 27.6 Å². The van der Waals surface area contributed by atoms with Crippen molar-refractivity contribution in [2.75, 3.05) is 20.0 Å². The molecule has 0 aliphatic heterocycles. The smallest absolute Gasteiger partial charge is 0.161 e. The molecule has 0 saturated carbocycles. The summed E-state index contributed by atoms with van der Waals surface area (Å²) in [5, 5.41) is 0. The lowest BCUT2D eigenvalue weighted by Gasteiger charge is -2.06. The molecule has 5 nitrogen and oxygen atoms in total. The van der Waals surface area contributed by atoms with Crippen LogP contribution in [0.5, 0.6) is 11.5 Å². The van der Waals surface area contributed by atoms with Gasteiger partial charge in [-0.15, -0.1) is 0 Å². The Balaban J connectivity index is 2.35. The number of rotatable bonds is 2. The Morgan fingerprint density at radius 1 is 1.15 bits per heavy atom. The second-order valence-corrected chi connectivity index (χ2v) is 4.56. The number of hydrogen-bond acceptors (Lipinski definition) is 5. The van der Waals surface area contributed by atoms with E-state index in [9.17, 15) is 0 Å². The van der Waals surface area contributed by atoms with E-state index in [1.54, 1.807) is 26.4 Å². The monoisotopic (exact) mass is 333 g/mol. The summed E-state index contributed by atoms with van der Waals surface area (Å²) in [5.74, 6) is 7.41. The number of nitrogens with zero attached hydrogens (tertiary/aromatic N) is 2. The van der Waals surface area contributed by atoms with Crippen LogP contribution in [0, 0.1) is 11.8 Å². The molecular formula is C14H12BrN3O2. The number of nitrogens with two attached hydrogens (primary N) is 1. The molecule has 0 atom stereocenters. The fraction of sp³-hybridized carbons (Fsp3) is 0.143. The van der Waals surface area contributed by atoms with Gasteiger partial charge >= 0.3 is 0 Å². The summed E-state index contributed by atoms with van der Waals surface area (Å²) in [7, 11) is 3.16. The van der Waals surface area contributed by atoms with Gasteiger partial charge in [0.05, 0.1) is 20.4 Å². The van der Waals surface area contributed by atoms with Crippen molar-refractivity contribution in [1.29, 1.82) is 0 Å². The molecule has 20 heavy (non-hydrogen) atoms. The highest BCUT2D eigenvalue weighted by atomic mass is 79.9. The largest absolute Gasteiger partial charge is 0.493 e. The van der Waals surface area contributed by atoms with Crippen molar-refractivity contribution in [3.63, 3.8) is 0 Å². The summed E-state index contributed by atoms with van der Waals surface area (Å²) in [6.45, 7) is 0. The van der Waals surface area contributed by atoms with Gasteiger partial charge in [0, 0.05) is 5.56 Å². The van der Waals surface area contributed by atoms with Crippen molar-refractivity contribution in [2.24, 2.45) is 0 Å². The molecule has 0 bridgehead atoms. The number of halogens is 1. The minimum atomic E-state index is 0.293. The van der Waals surface area contributed by atoms with Crippen LogP contribution in [0.4, 0.5) is 5.82 Å². The normalized spacial score (nSPS) is 9.55. The molecule has 1 aromatic carbocycles. The number of anilines is 1. The highest BCUT2D eigenvalue weighted by molar-refractivity contribution is 9.10. The van der Waals surface area contributed by atoms with E-state index < -0.39 is 0 Å². The fourth-order valence-electron chi connectivity index (χ4n) is 1.51. The molecule has 0 amide bonds. The van der Waals surface area contributed by atoms with Crippen molar-refractivity contribution < 1.29 is 9.47 Å². The third-order valence-corrected chi connectivity index (χ3v) is 2.86. The lowest BCUT2D eigenvalue weighted by atomic mass is 10.2. The number of methoxy groups -OCH3 is 2. The molecule has 0 fully saturated rings. The Labute approximate surface area is 125 Å². The molecule has 0 saturated heterocycles. The molecule has 2 rings (SSSR count). The first-order valence-corrected chi connectivity index (χ1v) is 6.45. The van der Waals surface area contributed by atoms with Crippen LogP contribution in [0.15, 0.2) is 29.0 Å². The van der Waals surface area contributed by atoms with Crippen LogP contribution >= 0.6 is 15.9 Å². The number of hydrogen-bond donors (Lipinski definition) is 1. The molecule has 102 valence electrons. The highest BCUT2D eigenvalue weighted by Crippen LogP contribution is 2.27. The van der Waals surface area contributed by atoms with Crippen LogP contribution in [-0.2, 0) is 0 Å². The van der Waals surface area contributed by atoms with Gasteiger partial charge in [-0.2, -0.15) is 0 Å². The van der Waals surface area contributed by atoms with Crippen LogP contribution in [0.3, 0.4) is 0 Å². The SMILES string of the molecule is COc1ccc(C#Cc2nc(Br)cnc2N)cc1OC. The second kappa shape index (κ2) is 6.26. The van der Waals surface area contributed by atoms with Crippen LogP contribution in [0.2, 0.25) is 0 Å². The highest BCUT2D eigenvalue weighted by Gasteiger charge is 2.03. The van der Waals surface area contributed by atoms with Crippen molar-refractivity contribution >= 4 is 21.7 Å². The van der Waals surface area contributed by atoms with Gasteiger partial charge in [0.15, 0.2) is 23.0 Å². The van der Waals surface area contributed by atoms with Crippen molar-refractivity contribution in [3.05, 3.63) is 40.3 Å². The van der Waals surface area contributed by atoms with E-state index in [1.807, 2.05) is 6.07 Å². The van der Waals surface area contributed by atoms with E-state index in [-0.39, 0.29) is 0 Å². The van der Waals surface area contributed by atoms with E-state index in [2.05, 4.69) is 37.7 Å². The number of benzene rings is 1. The third-order valence-electron chi connectivity index (χ3n) is 2.48. The summed E-state index contributed by atoms with van der Waals surface area (Å²) < 4.78 is 11.0. The quantitative estimate of drug-likeness (QED) is 0.853. The first-order valence-electron chi connectivity index (χ1n) is 5.66. The van der Waals surface area contributed by atoms with Gasteiger partial charge in [0.1, 0.15) is 4.60 Å². The first-order chi connectivity index (χ1) is 9.63. The van der Waals surface area contributed by atoms with Gasteiger partial charge < -0.3 is 15.2 Å². The van der Waals surface area contributed by atoms with Crippen molar-refractivity contribution in [3.8, 4) is 23.3 Å². The topological polar surface area (TPSA) is 70.3 Å². The van der Waals surface area contributed by atoms with Crippen LogP contribution in [0.1, 0.15) is 11.3 Å². The molecule has 0 aliphatic rings. The van der Waals surface area contributed by atoms with Gasteiger partial charge in [-0.1, -0.05) is 5.92 Å². The first kappa shape index (κ1) is 14.2. The van der Waals surface area contributed by atoms with Crippen molar-refractivity contribution in [2.45, 2.75) is 0 Å². The zero-order valence-corrected chi connectivity index (χ0v) is 12.6. The second-order valence-electron chi connectivity index (χ2n) is 3.75. The van der Waals surface area contributed by atoms with E-state index >= 15 is 0 Å². The van der Waals surface area contributed by atoms with Gasteiger partial charge in [-0.3, -0.25) is 0 Å². The average Bonchev–Trinajstić information content (AvgIpc) is 2.47. The van der Waals surface area contributed by atoms with E-state index in [1.165, 1.54) is 6.20 Å². The van der Waals surface area contributed by atoms with Gasteiger partial charge in [-0.05, 0) is 40.0 Å². The molecule has 0 unspecified atom stereocenters. The molecule has 0 aliphatic carbocycles. The lowest BCUT2D eigenvalue weighted by Crippen LogP contribution is -1.97. The summed E-state index contributed by atoms with van der Waals surface area (Å²) in [6.07, 6.45) is 1.52. The lowest BCUT2D eigenvalue weighted by molar-refractivity contribution is 0.355. The molecule has 1 aromatic heterocycles. The van der Waals surface area contributed by atoms with Gasteiger partial charge in [0.2, 0.25) is 0 Å². The molecular weight excluding hydrogens is 322 g/mol. The molecule has 1 heterocycles. The Morgan fingerprint density at radius 2 is 1.90 bits per heavy atom. The maximum Gasteiger partial charge on any atom is 0.161 e. The Morgan fingerprint density at radius 3 is 2.60 bits per heavy atom. The molecule has 2 N–H and O–H groups in total. The zero-order chi connectivity index (χ0) is 14.5. The number of aromatic nitrogens is 2. The van der Waals surface area contributed by atoms with Crippen LogP contribution < -0.4 is 15.2 Å². The predicted molar refractivity (Wildman–Crippen MR) is 79.7 cm³/mol. The minimum Gasteiger partial charge on any atom is -0.493 e. The van der Waals surface area contributed by atoms with Crippen LogP contribution in [0.25, 0.3) is 0 Å². The maximum atomic E-state index is 5.71. The summed E-state index contributed by atoms with van der Waals surface area (Å²) >= 11 is 3.23. The van der Waals surface area contributed by atoms with E-state index in [4.69, 9.17) is 15.2 Å². The molecule has 6 heteroatoms. The fourth-order valence-corrected chi connectivity index (χ4v) is 1.79. The predicted octanol–water partition coefficient (Wildman–Crippen LogP) is 2.24. The molecule has 2 aromatic rings. The number of ether oxygens (including phenoxy) is 2. The molecule has 0 spiro atoms.